The van der Waals surface area contributed by atoms with Crippen molar-refractivity contribution >= 4 is 5.78 Å². The van der Waals surface area contributed by atoms with Gasteiger partial charge in [0.15, 0.2) is 0 Å². The van der Waals surface area contributed by atoms with Crippen LogP contribution in [0.2, 0.25) is 0 Å². The van der Waals surface area contributed by atoms with Crippen LogP contribution >= 0.6 is 0 Å². The van der Waals surface area contributed by atoms with Crippen LogP contribution in [-0.4, -0.2) is 10.8 Å². The zero-order valence-electron chi connectivity index (χ0n) is 10.2. The van der Waals surface area contributed by atoms with Gasteiger partial charge in [-0.05, 0) is 36.8 Å². The van der Waals surface area contributed by atoms with E-state index in [1.54, 1.807) is 0 Å². The zero-order chi connectivity index (χ0) is 11.7. The molecule has 0 aromatic carbocycles. The molecule has 1 atom stereocenters. The number of aryl methyl sites for hydroxylation is 1. The van der Waals surface area contributed by atoms with E-state index in [1.807, 2.05) is 12.3 Å². The molecule has 0 bridgehead atoms. The molecule has 1 aromatic heterocycles. The molecule has 2 nitrogen and oxygen atoms in total. The van der Waals surface area contributed by atoms with Crippen molar-refractivity contribution in [1.82, 2.24) is 4.98 Å². The number of Topliss-reactive ketones (excluding diaryl/α,β-unsaturated/α-hetero) is 1. The standard InChI is InChI=1S/C15H19NO/c17-14(10-11-4-1-5-11)13-8-2-6-12-7-3-9-16-15(12)13/h3,7,9,11,13H,1-2,4-6,8,10H2. The molecule has 2 heteroatoms. The summed E-state index contributed by atoms with van der Waals surface area (Å²) in [5.41, 5.74) is 2.37. The first-order valence-electron chi connectivity index (χ1n) is 6.81. The molecule has 0 N–H and O–H groups in total. The number of ketones is 1. The second-order valence-corrected chi connectivity index (χ2v) is 5.46. The van der Waals surface area contributed by atoms with Gasteiger partial charge in [0, 0.05) is 12.6 Å². The molecule has 0 radical (unpaired) electrons. The lowest BCUT2D eigenvalue weighted by atomic mass is 9.76. The van der Waals surface area contributed by atoms with Crippen LogP contribution in [0.4, 0.5) is 0 Å². The largest absolute Gasteiger partial charge is 0.299 e. The number of pyridine rings is 1. The predicted octanol–water partition coefficient (Wildman–Crippen LogP) is 3.26. The lowest BCUT2D eigenvalue weighted by molar-refractivity contribution is -0.122. The molecular weight excluding hydrogens is 210 g/mol. The summed E-state index contributed by atoms with van der Waals surface area (Å²) < 4.78 is 0. The van der Waals surface area contributed by atoms with Crippen LogP contribution in [-0.2, 0) is 11.2 Å². The maximum atomic E-state index is 12.3. The normalized spacial score (nSPS) is 23.9. The predicted molar refractivity (Wildman–Crippen MR) is 66.9 cm³/mol. The Morgan fingerprint density at radius 1 is 1.29 bits per heavy atom. The number of nitrogens with zero attached hydrogens (tertiary/aromatic N) is 1. The fourth-order valence-electron chi connectivity index (χ4n) is 3.05. The van der Waals surface area contributed by atoms with Gasteiger partial charge in [0.1, 0.15) is 5.78 Å². The summed E-state index contributed by atoms with van der Waals surface area (Å²) in [5, 5.41) is 0. The molecule has 0 saturated heterocycles. The molecule has 0 spiro atoms. The number of carbonyl (C=O) groups excluding carboxylic acids is 1. The van der Waals surface area contributed by atoms with Crippen molar-refractivity contribution in [3.05, 3.63) is 29.6 Å². The van der Waals surface area contributed by atoms with E-state index in [2.05, 4.69) is 11.1 Å². The van der Waals surface area contributed by atoms with Gasteiger partial charge in [-0.3, -0.25) is 9.78 Å². The van der Waals surface area contributed by atoms with Gasteiger partial charge < -0.3 is 0 Å². The van der Waals surface area contributed by atoms with Gasteiger partial charge in [0.2, 0.25) is 0 Å². The number of hydrogen-bond donors (Lipinski definition) is 0. The number of aromatic nitrogens is 1. The Bertz CT molecular complexity index is 423. The molecular formula is C15H19NO. The maximum Gasteiger partial charge on any atom is 0.142 e. The Kier molecular flexibility index (Phi) is 2.96. The lowest BCUT2D eigenvalue weighted by Gasteiger charge is -2.28. The Hall–Kier alpha value is -1.18. The molecule has 1 saturated carbocycles. The van der Waals surface area contributed by atoms with Crippen molar-refractivity contribution in [1.29, 1.82) is 0 Å². The van der Waals surface area contributed by atoms with Gasteiger partial charge in [-0.15, -0.1) is 0 Å². The van der Waals surface area contributed by atoms with Crippen LogP contribution in [0.3, 0.4) is 0 Å². The first kappa shape index (κ1) is 10.9. The van der Waals surface area contributed by atoms with Crippen molar-refractivity contribution in [3.63, 3.8) is 0 Å². The van der Waals surface area contributed by atoms with Gasteiger partial charge in [-0.1, -0.05) is 25.3 Å². The first-order chi connectivity index (χ1) is 8.34. The van der Waals surface area contributed by atoms with Gasteiger partial charge >= 0.3 is 0 Å². The highest BCUT2D eigenvalue weighted by Crippen LogP contribution is 2.36. The fourth-order valence-corrected chi connectivity index (χ4v) is 3.05. The second kappa shape index (κ2) is 4.59. The third-order valence-corrected chi connectivity index (χ3v) is 4.30. The summed E-state index contributed by atoms with van der Waals surface area (Å²) in [7, 11) is 0. The van der Waals surface area contributed by atoms with Crippen LogP contribution in [0.15, 0.2) is 18.3 Å². The van der Waals surface area contributed by atoms with Crippen LogP contribution in [0.25, 0.3) is 0 Å². The molecule has 90 valence electrons. The van der Waals surface area contributed by atoms with Crippen LogP contribution in [0, 0.1) is 5.92 Å². The number of carbonyl (C=O) groups is 1. The molecule has 17 heavy (non-hydrogen) atoms. The number of fused-ring (bicyclic) bond motifs is 1. The highest BCUT2D eigenvalue weighted by Gasteiger charge is 2.30. The molecule has 0 aliphatic heterocycles. The van der Waals surface area contributed by atoms with E-state index in [9.17, 15) is 4.79 Å². The van der Waals surface area contributed by atoms with Gasteiger partial charge in [0.25, 0.3) is 0 Å². The summed E-state index contributed by atoms with van der Waals surface area (Å²) in [6.07, 6.45) is 9.69. The Labute approximate surface area is 102 Å². The van der Waals surface area contributed by atoms with Crippen molar-refractivity contribution in [2.75, 3.05) is 0 Å². The van der Waals surface area contributed by atoms with Crippen molar-refractivity contribution in [2.24, 2.45) is 5.92 Å². The summed E-state index contributed by atoms with van der Waals surface area (Å²) in [5.74, 6) is 1.21. The summed E-state index contributed by atoms with van der Waals surface area (Å²) in [6, 6.07) is 4.11. The van der Waals surface area contributed by atoms with E-state index < -0.39 is 0 Å². The summed E-state index contributed by atoms with van der Waals surface area (Å²) >= 11 is 0. The van der Waals surface area contributed by atoms with Crippen LogP contribution in [0.1, 0.15) is 55.7 Å². The van der Waals surface area contributed by atoms with Crippen molar-refractivity contribution < 1.29 is 4.79 Å². The van der Waals surface area contributed by atoms with E-state index in [4.69, 9.17) is 0 Å². The first-order valence-corrected chi connectivity index (χ1v) is 6.81. The highest BCUT2D eigenvalue weighted by molar-refractivity contribution is 5.86. The Morgan fingerprint density at radius 3 is 2.94 bits per heavy atom. The van der Waals surface area contributed by atoms with Gasteiger partial charge in [-0.25, -0.2) is 0 Å². The monoisotopic (exact) mass is 229 g/mol. The van der Waals surface area contributed by atoms with Crippen molar-refractivity contribution in [2.45, 2.75) is 50.9 Å². The number of rotatable bonds is 3. The third-order valence-electron chi connectivity index (χ3n) is 4.30. The minimum Gasteiger partial charge on any atom is -0.299 e. The Morgan fingerprint density at radius 2 is 2.18 bits per heavy atom. The quantitative estimate of drug-likeness (QED) is 0.796. The molecule has 1 aromatic rings. The minimum absolute atomic E-state index is 0.0977. The van der Waals surface area contributed by atoms with E-state index in [1.165, 1.54) is 24.8 Å². The maximum absolute atomic E-state index is 12.3. The summed E-state index contributed by atoms with van der Waals surface area (Å²) in [4.78, 5) is 16.8. The van der Waals surface area contributed by atoms with E-state index in [-0.39, 0.29) is 5.92 Å². The van der Waals surface area contributed by atoms with Gasteiger partial charge in [-0.2, -0.15) is 0 Å². The highest BCUT2D eigenvalue weighted by atomic mass is 16.1. The average molecular weight is 229 g/mol. The molecule has 1 fully saturated rings. The lowest BCUT2D eigenvalue weighted by Crippen LogP contribution is -2.24. The van der Waals surface area contributed by atoms with E-state index in [0.29, 0.717) is 11.7 Å². The van der Waals surface area contributed by atoms with Crippen LogP contribution < -0.4 is 0 Å². The molecule has 3 rings (SSSR count). The topological polar surface area (TPSA) is 30.0 Å². The molecule has 2 aliphatic carbocycles. The van der Waals surface area contributed by atoms with Crippen molar-refractivity contribution in [3.8, 4) is 0 Å². The SMILES string of the molecule is O=C(CC1CCC1)C1CCCc2cccnc21. The van der Waals surface area contributed by atoms with Crippen LogP contribution in [0.5, 0.6) is 0 Å². The molecule has 1 heterocycles. The fraction of sp³-hybridized carbons (Fsp3) is 0.600. The minimum atomic E-state index is 0.0977. The van der Waals surface area contributed by atoms with E-state index >= 15 is 0 Å². The molecule has 2 aliphatic rings. The average Bonchev–Trinajstić information content (AvgIpc) is 2.33. The third kappa shape index (κ3) is 2.13. The van der Waals surface area contributed by atoms with Gasteiger partial charge in [0.05, 0.1) is 11.6 Å². The zero-order valence-corrected chi connectivity index (χ0v) is 10.2. The summed E-state index contributed by atoms with van der Waals surface area (Å²) in [6.45, 7) is 0. The Balaban J connectivity index is 1.77. The number of hydrogen-bond acceptors (Lipinski definition) is 2. The molecule has 1 unspecified atom stereocenters. The smallest absolute Gasteiger partial charge is 0.142 e. The molecule has 0 amide bonds. The van der Waals surface area contributed by atoms with E-state index in [0.717, 1.165) is 31.4 Å². The second-order valence-electron chi connectivity index (χ2n) is 5.46.